The molecule has 4 rings (SSSR count). The summed E-state index contributed by atoms with van der Waals surface area (Å²) in [5.41, 5.74) is 3.84. The van der Waals surface area contributed by atoms with E-state index < -0.39 is 20.0 Å². The van der Waals surface area contributed by atoms with Gasteiger partial charge in [-0.15, -0.1) is 0 Å². The number of hydrogen-bond acceptors (Lipinski definition) is 6. The lowest BCUT2D eigenvalue weighted by molar-refractivity contribution is 0.0635. The highest BCUT2D eigenvalue weighted by atomic mass is 28.4. The van der Waals surface area contributed by atoms with Gasteiger partial charge in [-0.1, -0.05) is 57.2 Å². The Morgan fingerprint density at radius 3 is 2.20 bits per heavy atom. The summed E-state index contributed by atoms with van der Waals surface area (Å²) >= 11 is 0. The van der Waals surface area contributed by atoms with E-state index in [1.54, 1.807) is 6.07 Å². The van der Waals surface area contributed by atoms with Crippen LogP contribution in [0, 0.1) is 0 Å². The molecular weight excluding hydrogens is 581 g/mol. The average molecular weight is 631 g/mol. The topological polar surface area (TPSA) is 91.9 Å². The summed E-state index contributed by atoms with van der Waals surface area (Å²) in [5, 5.41) is 9.67. The summed E-state index contributed by atoms with van der Waals surface area (Å²) < 4.78 is 11.8. The van der Waals surface area contributed by atoms with Crippen molar-refractivity contribution in [2.45, 2.75) is 77.7 Å². The highest BCUT2D eigenvalue weighted by molar-refractivity contribution is 6.74. The first kappa shape index (κ1) is 34.2. The highest BCUT2D eigenvalue weighted by Gasteiger charge is 2.37. The Bertz CT molecular complexity index is 1450. The predicted molar refractivity (Wildman–Crippen MR) is 188 cm³/mol. The molecule has 1 aliphatic rings. The van der Waals surface area contributed by atoms with Crippen LogP contribution in [0.1, 0.15) is 58.3 Å². The molecule has 0 spiro atoms. The van der Waals surface area contributed by atoms with Crippen molar-refractivity contribution in [2.75, 3.05) is 41.8 Å². The van der Waals surface area contributed by atoms with Crippen LogP contribution in [-0.4, -0.2) is 58.2 Å². The zero-order chi connectivity index (χ0) is 32.8. The van der Waals surface area contributed by atoms with Crippen molar-refractivity contribution in [2.24, 2.45) is 0 Å². The van der Waals surface area contributed by atoms with Gasteiger partial charge in [-0.3, -0.25) is 10.1 Å². The van der Waals surface area contributed by atoms with Gasteiger partial charge in [-0.25, -0.2) is 4.79 Å². The van der Waals surface area contributed by atoms with Gasteiger partial charge in [0.1, 0.15) is 5.60 Å². The lowest BCUT2D eigenvalue weighted by atomic mass is 10.0. The second kappa shape index (κ2) is 14.2. The minimum absolute atomic E-state index is 0.214. The molecule has 9 heteroatoms. The van der Waals surface area contributed by atoms with E-state index in [0.717, 1.165) is 49.5 Å². The minimum Gasteiger partial charge on any atom is -0.444 e. The molecule has 1 fully saturated rings. The van der Waals surface area contributed by atoms with Gasteiger partial charge >= 0.3 is 6.09 Å². The maximum Gasteiger partial charge on any atom is 0.412 e. The summed E-state index contributed by atoms with van der Waals surface area (Å²) in [7, 11) is -1.73. The first-order valence-electron chi connectivity index (χ1n) is 15.8. The van der Waals surface area contributed by atoms with Crippen LogP contribution in [0.4, 0.5) is 21.9 Å². The lowest BCUT2D eigenvalue weighted by Crippen LogP contribution is -2.43. The molecule has 0 bridgehead atoms. The second-order valence-corrected chi connectivity index (χ2v) is 19.1. The van der Waals surface area contributed by atoms with E-state index in [0.29, 0.717) is 23.0 Å². The molecule has 1 aliphatic heterocycles. The number of ether oxygens (including phenoxy) is 1. The number of hydrogen-bond donors (Lipinski definition) is 3. The Kier molecular flexibility index (Phi) is 10.8. The van der Waals surface area contributed by atoms with E-state index in [1.807, 2.05) is 87.5 Å². The molecule has 1 heterocycles. The molecule has 0 radical (unpaired) electrons. The number of anilines is 3. The number of nitrogens with one attached hydrogen (secondary N) is 3. The van der Waals surface area contributed by atoms with Crippen LogP contribution < -0.4 is 20.9 Å². The second-order valence-electron chi connectivity index (χ2n) is 14.2. The third-order valence-electron chi connectivity index (χ3n) is 8.50. The van der Waals surface area contributed by atoms with E-state index in [1.165, 1.54) is 0 Å². The van der Waals surface area contributed by atoms with E-state index in [-0.39, 0.29) is 10.9 Å². The van der Waals surface area contributed by atoms with Crippen LogP contribution in [-0.2, 0) is 9.16 Å². The van der Waals surface area contributed by atoms with Gasteiger partial charge in [0.05, 0.1) is 11.4 Å². The maximum absolute atomic E-state index is 13.4. The van der Waals surface area contributed by atoms with Crippen molar-refractivity contribution in [3.05, 3.63) is 78.4 Å². The Balaban J connectivity index is 1.38. The van der Waals surface area contributed by atoms with Gasteiger partial charge in [0, 0.05) is 43.5 Å². The fourth-order valence-corrected chi connectivity index (χ4v) is 5.99. The normalized spacial score (nSPS) is 15.6. The van der Waals surface area contributed by atoms with Gasteiger partial charge in [0.15, 0.2) is 8.32 Å². The van der Waals surface area contributed by atoms with Gasteiger partial charge < -0.3 is 24.7 Å². The molecule has 2 amide bonds. The van der Waals surface area contributed by atoms with E-state index in [9.17, 15) is 9.59 Å². The molecule has 0 saturated carbocycles. The van der Waals surface area contributed by atoms with Crippen LogP contribution >= 0.6 is 0 Å². The van der Waals surface area contributed by atoms with Gasteiger partial charge in [-0.05, 0) is 92.8 Å². The van der Waals surface area contributed by atoms with Crippen molar-refractivity contribution >= 4 is 37.4 Å². The molecule has 0 unspecified atom stereocenters. The number of benzene rings is 3. The number of amides is 2. The molecule has 3 N–H and O–H groups in total. The van der Waals surface area contributed by atoms with Crippen LogP contribution in [0.25, 0.3) is 11.1 Å². The molecule has 242 valence electrons. The standard InChI is InChI=1S/C36H50N4O4Si/c1-35(2,3)44-34(42)39-31-19-16-28(26-12-10-9-11-13-26)24-32(31)38-33(41)27-14-17-30(18-15-27)40-22-20-29(25-40)37-21-23-43-45(7,8)36(4,5)6/h9-19,24,29,37H,20-23,25H2,1-8H3,(H,38,41)(H,39,42)/t29-/m0/s1. The zero-order valence-corrected chi connectivity index (χ0v) is 29.1. The number of rotatable bonds is 10. The summed E-state index contributed by atoms with van der Waals surface area (Å²) in [6.07, 6.45) is 0.476. The molecule has 0 aliphatic carbocycles. The summed E-state index contributed by atoms with van der Waals surface area (Å²) in [6, 6.07) is 23.5. The van der Waals surface area contributed by atoms with Gasteiger partial charge in [0.2, 0.25) is 0 Å². The molecule has 45 heavy (non-hydrogen) atoms. The molecule has 8 nitrogen and oxygen atoms in total. The van der Waals surface area contributed by atoms with Crippen molar-refractivity contribution in [3.63, 3.8) is 0 Å². The van der Waals surface area contributed by atoms with Crippen molar-refractivity contribution in [1.29, 1.82) is 0 Å². The lowest BCUT2D eigenvalue weighted by Gasteiger charge is -2.36. The smallest absolute Gasteiger partial charge is 0.412 e. The Labute approximate surface area is 270 Å². The Morgan fingerprint density at radius 2 is 1.56 bits per heavy atom. The molecule has 1 saturated heterocycles. The quantitative estimate of drug-likeness (QED) is 0.155. The fourth-order valence-electron chi connectivity index (χ4n) is 4.95. The zero-order valence-electron chi connectivity index (χ0n) is 28.1. The predicted octanol–water partition coefficient (Wildman–Crippen LogP) is 8.14. The minimum atomic E-state index is -1.73. The van der Waals surface area contributed by atoms with Crippen molar-refractivity contribution in [3.8, 4) is 11.1 Å². The van der Waals surface area contributed by atoms with Gasteiger partial charge in [0.25, 0.3) is 5.91 Å². The van der Waals surface area contributed by atoms with Crippen molar-refractivity contribution in [1.82, 2.24) is 5.32 Å². The third-order valence-corrected chi connectivity index (χ3v) is 13.0. The van der Waals surface area contributed by atoms with Gasteiger partial charge in [-0.2, -0.15) is 0 Å². The van der Waals surface area contributed by atoms with Crippen molar-refractivity contribution < 1.29 is 18.8 Å². The summed E-state index contributed by atoms with van der Waals surface area (Å²) in [5.74, 6) is -0.262. The Hall–Kier alpha value is -3.66. The molecule has 3 aromatic carbocycles. The highest BCUT2D eigenvalue weighted by Crippen LogP contribution is 2.36. The van der Waals surface area contributed by atoms with Crippen LogP contribution in [0.2, 0.25) is 18.1 Å². The molecular formula is C36H50N4O4Si. The summed E-state index contributed by atoms with van der Waals surface area (Å²) in [4.78, 5) is 28.3. The number of carbonyl (C=O) groups excluding carboxylic acids is 2. The van der Waals surface area contributed by atoms with E-state index in [4.69, 9.17) is 9.16 Å². The molecule has 1 atom stereocenters. The van der Waals surface area contributed by atoms with Crippen LogP contribution in [0.3, 0.4) is 0 Å². The largest absolute Gasteiger partial charge is 0.444 e. The monoisotopic (exact) mass is 630 g/mol. The first-order valence-corrected chi connectivity index (χ1v) is 18.8. The Morgan fingerprint density at radius 1 is 0.867 bits per heavy atom. The average Bonchev–Trinajstić information content (AvgIpc) is 3.44. The van der Waals surface area contributed by atoms with E-state index in [2.05, 4.69) is 54.7 Å². The fraction of sp³-hybridized carbons (Fsp3) is 0.444. The third kappa shape index (κ3) is 9.66. The van der Waals surface area contributed by atoms with Crippen LogP contribution in [0.5, 0.6) is 0 Å². The number of carbonyl (C=O) groups is 2. The molecule has 0 aromatic heterocycles. The number of nitrogens with zero attached hydrogens (tertiary/aromatic N) is 1. The van der Waals surface area contributed by atoms with E-state index >= 15 is 0 Å². The first-order chi connectivity index (χ1) is 21.1. The van der Waals surface area contributed by atoms with Crippen LogP contribution in [0.15, 0.2) is 72.8 Å². The maximum atomic E-state index is 13.4. The SMILES string of the molecule is CC(C)(C)OC(=O)Nc1ccc(-c2ccccc2)cc1NC(=O)c1ccc(N2CC[C@H](NCCO[Si](C)(C)C(C)(C)C)C2)cc1. The summed E-state index contributed by atoms with van der Waals surface area (Å²) in [6.45, 7) is 20.2. The molecule has 3 aromatic rings.